The summed E-state index contributed by atoms with van der Waals surface area (Å²) in [6.07, 6.45) is 10.8. The number of allylic oxidation sites excluding steroid dienone is 2. The number of H-pyrrole nitrogens is 1. The molecule has 2 heterocycles. The van der Waals surface area contributed by atoms with E-state index >= 15 is 0 Å². The van der Waals surface area contributed by atoms with Crippen molar-refractivity contribution < 1.29 is 4.79 Å². The fourth-order valence-corrected chi connectivity index (χ4v) is 1.88. The van der Waals surface area contributed by atoms with E-state index < -0.39 is 6.03 Å². The first-order chi connectivity index (χ1) is 10.2. The van der Waals surface area contributed by atoms with Gasteiger partial charge in [-0.05, 0) is 18.6 Å². The number of hydrogen-bond donors (Lipinski definition) is 2. The van der Waals surface area contributed by atoms with E-state index in [0.29, 0.717) is 6.54 Å². The molecule has 2 amide bonds. The largest absolute Gasteiger partial charge is 0.351 e. The molecular formula is C16H18N4O. The van der Waals surface area contributed by atoms with Gasteiger partial charge in [0.1, 0.15) is 5.82 Å². The van der Waals surface area contributed by atoms with Crippen molar-refractivity contribution in [2.45, 2.75) is 6.92 Å². The highest BCUT2D eigenvalue weighted by molar-refractivity contribution is 5.73. The first-order valence-corrected chi connectivity index (χ1v) is 6.63. The molecule has 0 saturated carbocycles. The van der Waals surface area contributed by atoms with Crippen molar-refractivity contribution in [1.29, 1.82) is 0 Å². The minimum atomic E-state index is -0.407. The molecule has 0 spiro atoms. The summed E-state index contributed by atoms with van der Waals surface area (Å²) in [6, 6.07) is 7.79. The minimum absolute atomic E-state index is 0.407. The normalized spacial score (nSPS) is 12.7. The van der Waals surface area contributed by atoms with E-state index in [1.807, 2.05) is 30.5 Å². The predicted octanol–water partition coefficient (Wildman–Crippen LogP) is 2.84. The van der Waals surface area contributed by atoms with Gasteiger partial charge in [0.2, 0.25) is 0 Å². The molecule has 0 aliphatic carbocycles. The number of nitrogens with one attached hydrogen (secondary N) is 1. The Labute approximate surface area is 123 Å². The van der Waals surface area contributed by atoms with Crippen LogP contribution in [0.25, 0.3) is 11.4 Å². The summed E-state index contributed by atoms with van der Waals surface area (Å²) in [6.45, 7) is 2.67. The van der Waals surface area contributed by atoms with E-state index in [0.717, 1.165) is 5.82 Å². The number of carbonyl (C=O) groups is 1. The van der Waals surface area contributed by atoms with Gasteiger partial charge in [0.25, 0.3) is 0 Å². The maximum atomic E-state index is 10.4. The van der Waals surface area contributed by atoms with Crippen molar-refractivity contribution in [2.24, 2.45) is 5.73 Å². The van der Waals surface area contributed by atoms with Crippen LogP contribution in [-0.4, -0.2) is 27.4 Å². The summed E-state index contributed by atoms with van der Waals surface area (Å²) in [5, 5.41) is 0. The number of amides is 2. The number of aromatic amines is 1. The Morgan fingerprint density at radius 1 is 1.33 bits per heavy atom. The Balaban J connectivity index is 0.000000161. The molecule has 1 aromatic carbocycles. The lowest BCUT2D eigenvalue weighted by molar-refractivity contribution is 0.228. The number of nitrogens with zero attached hydrogens (tertiary/aromatic N) is 2. The highest BCUT2D eigenvalue weighted by Gasteiger charge is 2.03. The van der Waals surface area contributed by atoms with Crippen LogP contribution in [0.15, 0.2) is 61.1 Å². The van der Waals surface area contributed by atoms with E-state index in [2.05, 4.69) is 29.0 Å². The smallest absolute Gasteiger partial charge is 0.319 e. The zero-order chi connectivity index (χ0) is 15.1. The van der Waals surface area contributed by atoms with Gasteiger partial charge in [-0.15, -0.1) is 0 Å². The average Bonchev–Trinajstić information content (AvgIpc) is 3.03. The number of benzene rings is 1. The van der Waals surface area contributed by atoms with Crippen molar-refractivity contribution in [3.05, 3.63) is 66.7 Å². The topological polar surface area (TPSA) is 75.0 Å². The highest BCUT2D eigenvalue weighted by Crippen LogP contribution is 2.17. The number of imidazole rings is 1. The lowest BCUT2D eigenvalue weighted by atomic mass is 10.1. The highest BCUT2D eigenvalue weighted by atomic mass is 16.2. The van der Waals surface area contributed by atoms with Gasteiger partial charge in [-0.2, -0.15) is 0 Å². The van der Waals surface area contributed by atoms with Crippen molar-refractivity contribution in [2.75, 3.05) is 6.54 Å². The van der Waals surface area contributed by atoms with Crippen LogP contribution in [0.5, 0.6) is 0 Å². The molecule has 1 aromatic heterocycles. The number of aryl methyl sites for hydroxylation is 1. The summed E-state index contributed by atoms with van der Waals surface area (Å²) >= 11 is 0. The molecule has 3 N–H and O–H groups in total. The van der Waals surface area contributed by atoms with Gasteiger partial charge in [-0.25, -0.2) is 9.78 Å². The summed E-state index contributed by atoms with van der Waals surface area (Å²) in [7, 11) is 0. The molecule has 5 nitrogen and oxygen atoms in total. The Bertz CT molecular complexity index is 644. The number of primary amides is 1. The Kier molecular flexibility index (Phi) is 4.93. The molecule has 0 fully saturated rings. The number of hydrogen-bond acceptors (Lipinski definition) is 2. The summed E-state index contributed by atoms with van der Waals surface area (Å²) in [4.78, 5) is 19.1. The van der Waals surface area contributed by atoms with Crippen LogP contribution in [0.3, 0.4) is 0 Å². The SMILES string of the molecule is Cc1ccccc1-c1ncc[nH]1.NC(=O)N1C=CC=CC1. The number of aromatic nitrogens is 2. The second kappa shape index (κ2) is 7.09. The zero-order valence-corrected chi connectivity index (χ0v) is 11.9. The first kappa shape index (κ1) is 14.6. The van der Waals surface area contributed by atoms with Crippen LogP contribution < -0.4 is 5.73 Å². The molecule has 108 valence electrons. The maximum absolute atomic E-state index is 10.4. The van der Waals surface area contributed by atoms with Crippen molar-refractivity contribution in [3.8, 4) is 11.4 Å². The molecular weight excluding hydrogens is 264 g/mol. The van der Waals surface area contributed by atoms with Crippen LogP contribution in [0, 0.1) is 6.92 Å². The third-order valence-corrected chi connectivity index (χ3v) is 3.00. The molecule has 0 bridgehead atoms. The molecule has 0 saturated heterocycles. The molecule has 2 aromatic rings. The molecule has 0 radical (unpaired) electrons. The fourth-order valence-electron chi connectivity index (χ4n) is 1.88. The van der Waals surface area contributed by atoms with E-state index in [1.165, 1.54) is 16.0 Å². The van der Waals surface area contributed by atoms with E-state index in [-0.39, 0.29) is 0 Å². The Hall–Kier alpha value is -2.82. The quantitative estimate of drug-likeness (QED) is 0.844. The van der Waals surface area contributed by atoms with E-state index in [1.54, 1.807) is 18.5 Å². The maximum Gasteiger partial charge on any atom is 0.319 e. The van der Waals surface area contributed by atoms with Crippen LogP contribution in [0.1, 0.15) is 5.56 Å². The van der Waals surface area contributed by atoms with Gasteiger partial charge in [-0.3, -0.25) is 4.90 Å². The van der Waals surface area contributed by atoms with Gasteiger partial charge >= 0.3 is 6.03 Å². The number of rotatable bonds is 1. The standard InChI is InChI=1S/C10H10N2.C6H8N2O/c1-8-4-2-3-5-9(8)10-11-6-7-12-10;7-6(9)8-4-2-1-3-5-8/h2-7H,1H3,(H,11,12);1-4H,5H2,(H2,7,9). The lowest BCUT2D eigenvalue weighted by Gasteiger charge is -2.14. The predicted molar refractivity (Wildman–Crippen MR) is 83.3 cm³/mol. The lowest BCUT2D eigenvalue weighted by Crippen LogP contribution is -2.31. The van der Waals surface area contributed by atoms with Crippen LogP contribution >= 0.6 is 0 Å². The van der Waals surface area contributed by atoms with Gasteiger partial charge < -0.3 is 10.7 Å². The Morgan fingerprint density at radius 3 is 2.67 bits per heavy atom. The van der Waals surface area contributed by atoms with Crippen LogP contribution in [0.2, 0.25) is 0 Å². The van der Waals surface area contributed by atoms with Crippen LogP contribution in [-0.2, 0) is 0 Å². The summed E-state index contributed by atoms with van der Waals surface area (Å²) in [5.74, 6) is 0.938. The van der Waals surface area contributed by atoms with E-state index in [4.69, 9.17) is 5.73 Å². The second-order valence-corrected chi connectivity index (χ2v) is 4.51. The minimum Gasteiger partial charge on any atom is -0.351 e. The molecule has 0 unspecified atom stereocenters. The third kappa shape index (κ3) is 4.07. The summed E-state index contributed by atoms with van der Waals surface area (Å²) in [5.41, 5.74) is 7.38. The first-order valence-electron chi connectivity index (χ1n) is 6.63. The molecule has 5 heteroatoms. The third-order valence-electron chi connectivity index (χ3n) is 3.00. The van der Waals surface area contributed by atoms with Crippen molar-refractivity contribution in [3.63, 3.8) is 0 Å². The van der Waals surface area contributed by atoms with Gasteiger partial charge in [0.05, 0.1) is 0 Å². The van der Waals surface area contributed by atoms with Crippen molar-refractivity contribution in [1.82, 2.24) is 14.9 Å². The number of urea groups is 1. The summed E-state index contributed by atoms with van der Waals surface area (Å²) < 4.78 is 0. The average molecular weight is 282 g/mol. The van der Waals surface area contributed by atoms with Crippen molar-refractivity contribution >= 4 is 6.03 Å². The fraction of sp³-hybridized carbons (Fsp3) is 0.125. The van der Waals surface area contributed by atoms with Gasteiger partial charge in [-0.1, -0.05) is 36.4 Å². The second-order valence-electron chi connectivity index (χ2n) is 4.51. The molecule has 21 heavy (non-hydrogen) atoms. The molecule has 3 rings (SSSR count). The van der Waals surface area contributed by atoms with Gasteiger partial charge in [0, 0.05) is 30.7 Å². The Morgan fingerprint density at radius 2 is 2.14 bits per heavy atom. The molecule has 1 aliphatic rings. The van der Waals surface area contributed by atoms with Crippen LogP contribution in [0.4, 0.5) is 4.79 Å². The molecule has 1 aliphatic heterocycles. The molecule has 0 atom stereocenters. The zero-order valence-electron chi connectivity index (χ0n) is 11.9. The monoisotopic (exact) mass is 282 g/mol. The van der Waals surface area contributed by atoms with Gasteiger partial charge in [0.15, 0.2) is 0 Å². The number of carbonyl (C=O) groups excluding carboxylic acids is 1. The van der Waals surface area contributed by atoms with E-state index in [9.17, 15) is 4.79 Å². The number of nitrogens with two attached hydrogens (primary N) is 1.